The monoisotopic (exact) mass is 205 g/mol. The Hall–Kier alpha value is -1.35. The van der Waals surface area contributed by atoms with E-state index < -0.39 is 5.97 Å². The minimum Gasteiger partial charge on any atom is -0.481 e. The molecule has 1 aliphatic rings. The first-order chi connectivity index (χ1) is 7.25. The summed E-state index contributed by atoms with van der Waals surface area (Å²) in [6.07, 6.45) is 1.84. The van der Waals surface area contributed by atoms with Crippen LogP contribution in [-0.2, 0) is 24.3 Å². The quantitative estimate of drug-likeness (QED) is 0.786. The third kappa shape index (κ3) is 2.57. The molecule has 1 heterocycles. The highest BCUT2D eigenvalue weighted by atomic mass is 16.4. The van der Waals surface area contributed by atoms with E-state index in [0.29, 0.717) is 0 Å². The van der Waals surface area contributed by atoms with Gasteiger partial charge in [0.1, 0.15) is 0 Å². The van der Waals surface area contributed by atoms with Crippen LogP contribution in [0.2, 0.25) is 0 Å². The number of fused-ring (bicyclic) bond motifs is 1. The van der Waals surface area contributed by atoms with Gasteiger partial charge in [0.15, 0.2) is 0 Å². The Morgan fingerprint density at radius 1 is 1.33 bits per heavy atom. The number of hydrogen-bond acceptors (Lipinski definition) is 2. The smallest absolute Gasteiger partial charge is 0.303 e. The molecule has 1 aromatic rings. The zero-order valence-corrected chi connectivity index (χ0v) is 8.62. The van der Waals surface area contributed by atoms with Gasteiger partial charge in [-0.15, -0.1) is 0 Å². The van der Waals surface area contributed by atoms with Crippen LogP contribution in [0.1, 0.15) is 29.5 Å². The van der Waals surface area contributed by atoms with Gasteiger partial charge in [-0.1, -0.05) is 18.2 Å². The summed E-state index contributed by atoms with van der Waals surface area (Å²) in [5.41, 5.74) is 3.98. The lowest BCUT2D eigenvalue weighted by molar-refractivity contribution is -0.137. The Morgan fingerprint density at radius 3 is 2.93 bits per heavy atom. The molecule has 0 aliphatic carbocycles. The van der Waals surface area contributed by atoms with E-state index in [0.717, 1.165) is 25.9 Å². The molecule has 15 heavy (non-hydrogen) atoms. The van der Waals surface area contributed by atoms with Gasteiger partial charge in [0.2, 0.25) is 0 Å². The molecule has 0 saturated carbocycles. The molecule has 0 unspecified atom stereocenters. The second-order valence-corrected chi connectivity index (χ2v) is 3.95. The van der Waals surface area contributed by atoms with Crippen molar-refractivity contribution in [3.8, 4) is 0 Å². The van der Waals surface area contributed by atoms with E-state index in [2.05, 4.69) is 23.5 Å². The number of hydrogen-bond donors (Lipinski definition) is 2. The van der Waals surface area contributed by atoms with E-state index in [4.69, 9.17) is 5.11 Å². The van der Waals surface area contributed by atoms with Gasteiger partial charge < -0.3 is 10.4 Å². The third-order valence-corrected chi connectivity index (χ3v) is 2.76. The fourth-order valence-electron chi connectivity index (χ4n) is 1.95. The molecule has 3 nitrogen and oxygen atoms in total. The van der Waals surface area contributed by atoms with Crippen molar-refractivity contribution >= 4 is 5.97 Å². The molecule has 0 bridgehead atoms. The Labute approximate surface area is 89.1 Å². The largest absolute Gasteiger partial charge is 0.481 e. The van der Waals surface area contributed by atoms with Crippen LogP contribution in [0.25, 0.3) is 0 Å². The molecule has 2 rings (SSSR count). The van der Waals surface area contributed by atoms with Crippen molar-refractivity contribution in [3.05, 3.63) is 34.9 Å². The summed E-state index contributed by atoms with van der Waals surface area (Å²) < 4.78 is 0. The lowest BCUT2D eigenvalue weighted by Crippen LogP contribution is -1.99. The predicted molar refractivity (Wildman–Crippen MR) is 57.6 cm³/mol. The molecule has 0 amide bonds. The Bertz CT molecular complexity index is 374. The van der Waals surface area contributed by atoms with E-state index in [9.17, 15) is 4.79 Å². The number of aryl methyl sites for hydroxylation is 1. The zero-order chi connectivity index (χ0) is 10.7. The summed E-state index contributed by atoms with van der Waals surface area (Å²) in [6.45, 7) is 1.91. The van der Waals surface area contributed by atoms with Gasteiger partial charge in [-0.2, -0.15) is 0 Å². The Kier molecular flexibility index (Phi) is 3.02. The molecule has 0 saturated heterocycles. The van der Waals surface area contributed by atoms with E-state index in [-0.39, 0.29) is 6.42 Å². The summed E-state index contributed by atoms with van der Waals surface area (Å²) in [5, 5.41) is 11.8. The number of carboxylic acid groups (broad SMARTS) is 1. The number of nitrogens with one attached hydrogen (secondary N) is 1. The van der Waals surface area contributed by atoms with Crippen LogP contribution < -0.4 is 5.32 Å². The number of benzene rings is 1. The van der Waals surface area contributed by atoms with Gasteiger partial charge in [0.25, 0.3) is 0 Å². The van der Waals surface area contributed by atoms with Crippen LogP contribution in [0.5, 0.6) is 0 Å². The first-order valence-electron chi connectivity index (χ1n) is 5.29. The molecule has 80 valence electrons. The SMILES string of the molecule is O=C(O)CCCc1ccc2c(c1)CNC2. The van der Waals surface area contributed by atoms with E-state index in [1.54, 1.807) is 0 Å². The Morgan fingerprint density at radius 2 is 2.13 bits per heavy atom. The lowest BCUT2D eigenvalue weighted by Gasteiger charge is -2.03. The van der Waals surface area contributed by atoms with Gasteiger partial charge in [-0.3, -0.25) is 4.79 Å². The molecular weight excluding hydrogens is 190 g/mol. The van der Waals surface area contributed by atoms with Crippen LogP contribution >= 0.6 is 0 Å². The van der Waals surface area contributed by atoms with Gasteiger partial charge in [-0.05, 0) is 29.5 Å². The van der Waals surface area contributed by atoms with Gasteiger partial charge in [0.05, 0.1) is 0 Å². The first kappa shape index (κ1) is 10.2. The van der Waals surface area contributed by atoms with Crippen LogP contribution in [-0.4, -0.2) is 11.1 Å². The van der Waals surface area contributed by atoms with E-state index in [1.165, 1.54) is 16.7 Å². The number of carboxylic acids is 1. The summed E-state index contributed by atoms with van der Waals surface area (Å²) in [7, 11) is 0. The normalized spacial score (nSPS) is 13.9. The van der Waals surface area contributed by atoms with Gasteiger partial charge in [-0.25, -0.2) is 0 Å². The second-order valence-electron chi connectivity index (χ2n) is 3.95. The van der Waals surface area contributed by atoms with E-state index >= 15 is 0 Å². The van der Waals surface area contributed by atoms with Crippen molar-refractivity contribution in [1.82, 2.24) is 5.32 Å². The number of aliphatic carboxylic acids is 1. The predicted octanol–water partition coefficient (Wildman–Crippen LogP) is 1.70. The van der Waals surface area contributed by atoms with Crippen LogP contribution in [0.15, 0.2) is 18.2 Å². The molecule has 1 aromatic carbocycles. The van der Waals surface area contributed by atoms with Crippen molar-refractivity contribution in [2.75, 3.05) is 0 Å². The summed E-state index contributed by atoms with van der Waals surface area (Å²) in [4.78, 5) is 10.4. The maximum absolute atomic E-state index is 10.4. The van der Waals surface area contributed by atoms with Crippen molar-refractivity contribution in [2.45, 2.75) is 32.4 Å². The third-order valence-electron chi connectivity index (χ3n) is 2.76. The highest BCUT2D eigenvalue weighted by molar-refractivity contribution is 5.66. The van der Waals surface area contributed by atoms with Crippen molar-refractivity contribution < 1.29 is 9.90 Å². The molecule has 0 atom stereocenters. The molecule has 1 aliphatic heterocycles. The average Bonchev–Trinajstić information content (AvgIpc) is 2.64. The fourth-order valence-corrected chi connectivity index (χ4v) is 1.95. The highest BCUT2D eigenvalue weighted by Crippen LogP contribution is 2.18. The average molecular weight is 205 g/mol. The molecule has 0 radical (unpaired) electrons. The molecular formula is C12H15NO2. The van der Waals surface area contributed by atoms with Crippen molar-refractivity contribution in [1.29, 1.82) is 0 Å². The minimum atomic E-state index is -0.710. The first-order valence-corrected chi connectivity index (χ1v) is 5.29. The molecule has 2 N–H and O–H groups in total. The van der Waals surface area contributed by atoms with Crippen molar-refractivity contribution in [3.63, 3.8) is 0 Å². The summed E-state index contributed by atoms with van der Waals surface area (Å²) in [5.74, 6) is -0.710. The zero-order valence-electron chi connectivity index (χ0n) is 8.62. The fraction of sp³-hybridized carbons (Fsp3) is 0.417. The Balaban J connectivity index is 1.95. The number of carbonyl (C=O) groups is 1. The number of rotatable bonds is 4. The summed E-state index contributed by atoms with van der Waals surface area (Å²) in [6, 6.07) is 6.44. The minimum absolute atomic E-state index is 0.259. The lowest BCUT2D eigenvalue weighted by atomic mass is 10.0. The van der Waals surface area contributed by atoms with Crippen LogP contribution in [0.4, 0.5) is 0 Å². The maximum atomic E-state index is 10.4. The van der Waals surface area contributed by atoms with Gasteiger partial charge in [0, 0.05) is 19.5 Å². The van der Waals surface area contributed by atoms with Crippen LogP contribution in [0, 0.1) is 0 Å². The maximum Gasteiger partial charge on any atom is 0.303 e. The second kappa shape index (κ2) is 4.45. The van der Waals surface area contributed by atoms with Crippen molar-refractivity contribution in [2.24, 2.45) is 0 Å². The molecule has 0 aromatic heterocycles. The molecule has 0 fully saturated rings. The van der Waals surface area contributed by atoms with E-state index in [1.807, 2.05) is 0 Å². The molecule has 0 spiro atoms. The topological polar surface area (TPSA) is 49.3 Å². The summed E-state index contributed by atoms with van der Waals surface area (Å²) >= 11 is 0. The highest BCUT2D eigenvalue weighted by Gasteiger charge is 2.09. The standard InChI is InChI=1S/C12H15NO2/c14-12(15)3-1-2-9-4-5-10-7-13-8-11(10)6-9/h4-6,13H,1-3,7-8H2,(H,14,15). The van der Waals surface area contributed by atoms with Gasteiger partial charge >= 0.3 is 5.97 Å². The van der Waals surface area contributed by atoms with Crippen LogP contribution in [0.3, 0.4) is 0 Å². The molecule has 3 heteroatoms.